The molecule has 0 aliphatic heterocycles. The molecule has 0 bridgehead atoms. The predicted molar refractivity (Wildman–Crippen MR) is 72.4 cm³/mol. The van der Waals surface area contributed by atoms with E-state index in [9.17, 15) is 14.7 Å². The Labute approximate surface area is 116 Å². The highest BCUT2D eigenvalue weighted by Crippen LogP contribution is 2.30. The van der Waals surface area contributed by atoms with Gasteiger partial charge in [-0.1, -0.05) is 19.8 Å². The lowest BCUT2D eigenvalue weighted by molar-refractivity contribution is -0.144. The largest absolute Gasteiger partial charge is 0.480 e. The summed E-state index contributed by atoms with van der Waals surface area (Å²) in [5, 5.41) is 12.9. The summed E-state index contributed by atoms with van der Waals surface area (Å²) < 4.78 is 0. The third-order valence-electron chi connectivity index (χ3n) is 3.46. The van der Waals surface area contributed by atoms with Gasteiger partial charge in [0, 0.05) is 0 Å². The van der Waals surface area contributed by atoms with Crippen molar-refractivity contribution >= 4 is 23.2 Å². The number of aromatic nitrogens is 1. The van der Waals surface area contributed by atoms with Gasteiger partial charge in [-0.3, -0.25) is 4.79 Å². The molecular weight excluding hydrogens is 264 g/mol. The molecule has 0 aromatic carbocycles. The maximum atomic E-state index is 12.1. The average molecular weight is 282 g/mol. The highest BCUT2D eigenvalue weighted by molar-refractivity contribution is 7.13. The monoisotopic (exact) mass is 282 g/mol. The Morgan fingerprint density at radius 1 is 1.47 bits per heavy atom. The number of aliphatic carboxylic acids is 1. The number of carbonyl (C=O) groups is 2. The number of rotatable bonds is 5. The first-order valence-corrected chi connectivity index (χ1v) is 7.39. The van der Waals surface area contributed by atoms with E-state index < -0.39 is 11.5 Å². The van der Waals surface area contributed by atoms with Gasteiger partial charge in [0.1, 0.15) is 10.4 Å². The van der Waals surface area contributed by atoms with Crippen LogP contribution >= 0.6 is 11.3 Å². The van der Waals surface area contributed by atoms with Crippen LogP contribution in [0.2, 0.25) is 0 Å². The van der Waals surface area contributed by atoms with Crippen molar-refractivity contribution in [3.8, 4) is 0 Å². The first kappa shape index (κ1) is 14.0. The fourth-order valence-corrected chi connectivity index (χ4v) is 3.31. The maximum Gasteiger partial charge on any atom is 0.329 e. The Hall–Kier alpha value is -1.43. The first-order chi connectivity index (χ1) is 9.07. The zero-order valence-corrected chi connectivity index (χ0v) is 11.8. The van der Waals surface area contributed by atoms with Crippen molar-refractivity contribution < 1.29 is 14.7 Å². The van der Waals surface area contributed by atoms with Crippen molar-refractivity contribution in [1.29, 1.82) is 0 Å². The molecule has 1 aliphatic carbocycles. The standard InChI is InChI=1S/C13H18N2O3S/c1-2-5-10-14-8-9(19-10)11(16)15-13(12(17)18)6-3-4-7-13/h8H,2-7H2,1H3,(H,15,16)(H,17,18). The zero-order chi connectivity index (χ0) is 13.9. The fraction of sp³-hybridized carbons (Fsp3) is 0.615. The molecular formula is C13H18N2O3S. The Morgan fingerprint density at radius 2 is 2.16 bits per heavy atom. The molecule has 2 rings (SSSR count). The van der Waals surface area contributed by atoms with Crippen LogP contribution in [0.15, 0.2) is 6.20 Å². The van der Waals surface area contributed by atoms with Crippen LogP contribution in [0, 0.1) is 0 Å². The van der Waals surface area contributed by atoms with Gasteiger partial charge in [0.05, 0.1) is 11.2 Å². The number of amides is 1. The number of nitrogens with one attached hydrogen (secondary N) is 1. The molecule has 6 heteroatoms. The summed E-state index contributed by atoms with van der Waals surface area (Å²) in [6.07, 6.45) is 6.07. The summed E-state index contributed by atoms with van der Waals surface area (Å²) in [5.41, 5.74) is -1.08. The van der Waals surface area contributed by atoms with Gasteiger partial charge in [0.2, 0.25) is 0 Å². The number of thiazole rings is 1. The predicted octanol–water partition coefficient (Wildman–Crippen LogP) is 2.22. The average Bonchev–Trinajstić information content (AvgIpc) is 2.99. The highest BCUT2D eigenvalue weighted by atomic mass is 32.1. The van der Waals surface area contributed by atoms with Gasteiger partial charge >= 0.3 is 5.97 Å². The van der Waals surface area contributed by atoms with Crippen LogP contribution in [0.3, 0.4) is 0 Å². The normalized spacial score (nSPS) is 17.3. The van der Waals surface area contributed by atoms with E-state index in [1.807, 2.05) is 0 Å². The summed E-state index contributed by atoms with van der Waals surface area (Å²) in [5.74, 6) is -1.25. The number of nitrogens with zero attached hydrogens (tertiary/aromatic N) is 1. The second-order valence-corrected chi connectivity index (χ2v) is 6.03. The van der Waals surface area contributed by atoms with Gasteiger partial charge in [0.25, 0.3) is 5.91 Å². The lowest BCUT2D eigenvalue weighted by Gasteiger charge is -2.24. The van der Waals surface area contributed by atoms with Gasteiger partial charge in [-0.25, -0.2) is 9.78 Å². The van der Waals surface area contributed by atoms with Crippen molar-refractivity contribution in [2.75, 3.05) is 0 Å². The molecule has 1 amide bonds. The molecule has 1 aromatic rings. The fourth-order valence-electron chi connectivity index (χ4n) is 2.39. The van der Waals surface area contributed by atoms with E-state index in [2.05, 4.69) is 17.2 Å². The maximum absolute atomic E-state index is 12.1. The first-order valence-electron chi connectivity index (χ1n) is 6.58. The van der Waals surface area contributed by atoms with Crippen LogP contribution in [-0.4, -0.2) is 27.5 Å². The van der Waals surface area contributed by atoms with E-state index >= 15 is 0 Å². The lowest BCUT2D eigenvalue weighted by Crippen LogP contribution is -2.52. The molecule has 1 saturated carbocycles. The van der Waals surface area contributed by atoms with Crippen LogP contribution in [0.25, 0.3) is 0 Å². The Kier molecular flexibility index (Phi) is 4.19. The van der Waals surface area contributed by atoms with Crippen LogP contribution in [0.1, 0.15) is 53.7 Å². The van der Waals surface area contributed by atoms with Crippen molar-refractivity contribution in [1.82, 2.24) is 10.3 Å². The third kappa shape index (κ3) is 2.94. The summed E-state index contributed by atoms with van der Waals surface area (Å²) >= 11 is 1.34. The topological polar surface area (TPSA) is 79.3 Å². The Morgan fingerprint density at radius 3 is 2.74 bits per heavy atom. The van der Waals surface area contributed by atoms with E-state index in [1.54, 1.807) is 0 Å². The van der Waals surface area contributed by atoms with Gasteiger partial charge < -0.3 is 10.4 Å². The summed E-state index contributed by atoms with van der Waals surface area (Å²) in [4.78, 5) is 28.2. The number of hydrogen-bond acceptors (Lipinski definition) is 4. The van der Waals surface area contributed by atoms with Crippen LogP contribution in [-0.2, 0) is 11.2 Å². The van der Waals surface area contributed by atoms with Crippen molar-refractivity contribution in [3.63, 3.8) is 0 Å². The van der Waals surface area contributed by atoms with Crippen LogP contribution in [0.4, 0.5) is 0 Å². The lowest BCUT2D eigenvalue weighted by atomic mass is 9.98. The van der Waals surface area contributed by atoms with Gasteiger partial charge in [-0.05, 0) is 25.7 Å². The van der Waals surface area contributed by atoms with Gasteiger partial charge in [-0.2, -0.15) is 0 Å². The minimum absolute atomic E-state index is 0.316. The molecule has 0 spiro atoms. The molecule has 104 valence electrons. The molecule has 0 radical (unpaired) electrons. The van der Waals surface area contributed by atoms with Crippen molar-refractivity contribution in [2.45, 2.75) is 51.0 Å². The second-order valence-electron chi connectivity index (χ2n) is 4.92. The Bertz CT molecular complexity index is 478. The molecule has 1 heterocycles. The third-order valence-corrected chi connectivity index (χ3v) is 4.52. The molecule has 1 aromatic heterocycles. The van der Waals surface area contributed by atoms with Gasteiger partial charge in [-0.15, -0.1) is 11.3 Å². The smallest absolute Gasteiger partial charge is 0.329 e. The molecule has 0 saturated heterocycles. The van der Waals surface area contributed by atoms with E-state index in [0.29, 0.717) is 17.7 Å². The number of hydrogen-bond donors (Lipinski definition) is 2. The Balaban J connectivity index is 2.08. The van der Waals surface area contributed by atoms with E-state index in [0.717, 1.165) is 30.7 Å². The van der Waals surface area contributed by atoms with Crippen LogP contribution in [0.5, 0.6) is 0 Å². The van der Waals surface area contributed by atoms with Crippen molar-refractivity contribution in [2.24, 2.45) is 0 Å². The number of carboxylic acids is 1. The SMILES string of the molecule is CCCc1ncc(C(=O)NC2(C(=O)O)CCCC2)s1. The minimum atomic E-state index is -1.08. The van der Waals surface area contributed by atoms with E-state index in [1.165, 1.54) is 17.5 Å². The molecule has 0 atom stereocenters. The molecule has 1 fully saturated rings. The summed E-state index contributed by atoms with van der Waals surface area (Å²) in [6, 6.07) is 0. The molecule has 0 unspecified atom stereocenters. The quantitative estimate of drug-likeness (QED) is 0.868. The zero-order valence-electron chi connectivity index (χ0n) is 10.9. The minimum Gasteiger partial charge on any atom is -0.480 e. The number of carboxylic acid groups (broad SMARTS) is 1. The molecule has 2 N–H and O–H groups in total. The van der Waals surface area contributed by atoms with Gasteiger partial charge in [0.15, 0.2) is 0 Å². The summed E-state index contributed by atoms with van der Waals surface area (Å²) in [7, 11) is 0. The van der Waals surface area contributed by atoms with Crippen molar-refractivity contribution in [3.05, 3.63) is 16.1 Å². The summed E-state index contributed by atoms with van der Waals surface area (Å²) in [6.45, 7) is 2.05. The molecule has 19 heavy (non-hydrogen) atoms. The van der Waals surface area contributed by atoms with Crippen LogP contribution < -0.4 is 5.32 Å². The highest BCUT2D eigenvalue weighted by Gasteiger charge is 2.42. The molecule has 1 aliphatic rings. The van der Waals surface area contributed by atoms with E-state index in [-0.39, 0.29) is 5.91 Å². The van der Waals surface area contributed by atoms with E-state index in [4.69, 9.17) is 0 Å². The number of carbonyl (C=O) groups excluding carboxylic acids is 1. The molecule has 5 nitrogen and oxygen atoms in total. The second kappa shape index (κ2) is 5.69. The number of aryl methyl sites for hydroxylation is 1.